The SMILES string of the molecule is COC(=O)c1c(N2CCCC2)n[nH]c1N. The number of anilines is 2. The van der Waals surface area contributed by atoms with Crippen molar-refractivity contribution in [1.29, 1.82) is 0 Å². The van der Waals surface area contributed by atoms with Crippen LogP contribution in [0.25, 0.3) is 0 Å². The van der Waals surface area contributed by atoms with Gasteiger partial charge in [-0.3, -0.25) is 5.10 Å². The first kappa shape index (κ1) is 9.82. The van der Waals surface area contributed by atoms with E-state index in [0.717, 1.165) is 25.9 Å². The summed E-state index contributed by atoms with van der Waals surface area (Å²) in [5.74, 6) is 0.434. The van der Waals surface area contributed by atoms with Crippen LogP contribution in [0.15, 0.2) is 0 Å². The Kier molecular flexibility index (Phi) is 2.49. The van der Waals surface area contributed by atoms with Gasteiger partial charge >= 0.3 is 5.97 Å². The fourth-order valence-electron chi connectivity index (χ4n) is 1.81. The van der Waals surface area contributed by atoms with E-state index in [1.165, 1.54) is 7.11 Å². The summed E-state index contributed by atoms with van der Waals surface area (Å²) < 4.78 is 4.67. The molecule has 0 saturated carbocycles. The van der Waals surface area contributed by atoms with Gasteiger partial charge in [-0.15, -0.1) is 0 Å². The topological polar surface area (TPSA) is 84.2 Å². The number of esters is 1. The molecule has 82 valence electrons. The minimum Gasteiger partial charge on any atom is -0.465 e. The molecule has 0 unspecified atom stereocenters. The lowest BCUT2D eigenvalue weighted by Crippen LogP contribution is -2.21. The number of H-pyrrole nitrogens is 1. The summed E-state index contributed by atoms with van der Waals surface area (Å²) in [6.07, 6.45) is 2.24. The van der Waals surface area contributed by atoms with Gasteiger partial charge in [0.1, 0.15) is 11.4 Å². The molecule has 0 aliphatic carbocycles. The Morgan fingerprint density at radius 1 is 1.53 bits per heavy atom. The molecule has 2 heterocycles. The molecule has 3 N–H and O–H groups in total. The maximum absolute atomic E-state index is 11.5. The lowest BCUT2D eigenvalue weighted by molar-refractivity contribution is 0.0603. The van der Waals surface area contributed by atoms with Gasteiger partial charge in [0, 0.05) is 13.1 Å². The van der Waals surface area contributed by atoms with E-state index in [2.05, 4.69) is 14.9 Å². The van der Waals surface area contributed by atoms with Gasteiger partial charge in [0.05, 0.1) is 7.11 Å². The summed E-state index contributed by atoms with van der Waals surface area (Å²) in [5.41, 5.74) is 5.99. The number of ether oxygens (including phenoxy) is 1. The first-order chi connectivity index (χ1) is 7.24. The van der Waals surface area contributed by atoms with E-state index in [1.807, 2.05) is 4.90 Å². The first-order valence-electron chi connectivity index (χ1n) is 4.91. The van der Waals surface area contributed by atoms with Crippen LogP contribution in [0.4, 0.5) is 11.6 Å². The number of nitrogen functional groups attached to an aromatic ring is 1. The van der Waals surface area contributed by atoms with Gasteiger partial charge in [0.2, 0.25) is 0 Å². The van der Waals surface area contributed by atoms with Crippen molar-refractivity contribution in [1.82, 2.24) is 10.2 Å². The van der Waals surface area contributed by atoms with Gasteiger partial charge in [-0.05, 0) is 12.8 Å². The molecule has 0 bridgehead atoms. The maximum Gasteiger partial charge on any atom is 0.345 e. The van der Waals surface area contributed by atoms with Gasteiger partial charge in [0.15, 0.2) is 5.82 Å². The third-order valence-electron chi connectivity index (χ3n) is 2.57. The Labute approximate surface area is 87.4 Å². The zero-order chi connectivity index (χ0) is 10.8. The van der Waals surface area contributed by atoms with Crippen molar-refractivity contribution >= 4 is 17.6 Å². The molecule has 1 aromatic heterocycles. The second-order valence-electron chi connectivity index (χ2n) is 3.52. The largest absolute Gasteiger partial charge is 0.465 e. The van der Waals surface area contributed by atoms with Crippen LogP contribution in [0.1, 0.15) is 23.2 Å². The number of nitrogens with two attached hydrogens (primary N) is 1. The van der Waals surface area contributed by atoms with Crippen LogP contribution in [0.2, 0.25) is 0 Å². The number of aromatic amines is 1. The van der Waals surface area contributed by atoms with E-state index >= 15 is 0 Å². The zero-order valence-corrected chi connectivity index (χ0v) is 8.62. The second kappa shape index (κ2) is 3.80. The van der Waals surface area contributed by atoms with Crippen molar-refractivity contribution in [2.24, 2.45) is 0 Å². The van der Waals surface area contributed by atoms with Crippen molar-refractivity contribution in [2.45, 2.75) is 12.8 Å². The standard InChI is InChI=1S/C9H14N4O2/c1-15-9(14)6-7(10)11-12-8(6)13-4-2-3-5-13/h2-5H2,1H3,(H3,10,11,12). The highest BCUT2D eigenvalue weighted by Crippen LogP contribution is 2.26. The number of methoxy groups -OCH3 is 1. The Balaban J connectivity index is 2.34. The third kappa shape index (κ3) is 1.62. The van der Waals surface area contributed by atoms with E-state index in [4.69, 9.17) is 5.73 Å². The number of carbonyl (C=O) groups is 1. The van der Waals surface area contributed by atoms with E-state index < -0.39 is 5.97 Å². The van der Waals surface area contributed by atoms with Gasteiger partial charge in [0.25, 0.3) is 0 Å². The van der Waals surface area contributed by atoms with Crippen LogP contribution in [-0.2, 0) is 4.74 Å². The Morgan fingerprint density at radius 2 is 2.20 bits per heavy atom. The number of hydrogen-bond donors (Lipinski definition) is 2. The smallest absolute Gasteiger partial charge is 0.345 e. The minimum absolute atomic E-state index is 0.267. The lowest BCUT2D eigenvalue weighted by atomic mass is 10.3. The molecule has 1 fully saturated rings. The normalized spacial score (nSPS) is 15.7. The number of nitrogens with one attached hydrogen (secondary N) is 1. The highest BCUT2D eigenvalue weighted by Gasteiger charge is 2.25. The van der Waals surface area contributed by atoms with Crippen LogP contribution in [0, 0.1) is 0 Å². The second-order valence-corrected chi connectivity index (χ2v) is 3.52. The molecule has 0 spiro atoms. The van der Waals surface area contributed by atoms with Crippen molar-refractivity contribution in [2.75, 3.05) is 30.8 Å². The first-order valence-corrected chi connectivity index (χ1v) is 4.91. The highest BCUT2D eigenvalue weighted by molar-refractivity contribution is 5.99. The fraction of sp³-hybridized carbons (Fsp3) is 0.556. The highest BCUT2D eigenvalue weighted by atomic mass is 16.5. The van der Waals surface area contributed by atoms with E-state index in [9.17, 15) is 4.79 Å². The van der Waals surface area contributed by atoms with Crippen LogP contribution in [-0.4, -0.2) is 36.4 Å². The van der Waals surface area contributed by atoms with Crippen LogP contribution >= 0.6 is 0 Å². The Morgan fingerprint density at radius 3 is 2.80 bits per heavy atom. The summed E-state index contributed by atoms with van der Waals surface area (Å²) in [6.45, 7) is 1.82. The monoisotopic (exact) mass is 210 g/mol. The van der Waals surface area contributed by atoms with E-state index in [0.29, 0.717) is 11.4 Å². The number of nitrogens with zero attached hydrogens (tertiary/aromatic N) is 2. The quantitative estimate of drug-likeness (QED) is 0.689. The third-order valence-corrected chi connectivity index (χ3v) is 2.57. The summed E-state index contributed by atoms with van der Waals surface area (Å²) >= 11 is 0. The number of hydrogen-bond acceptors (Lipinski definition) is 5. The van der Waals surface area contributed by atoms with Crippen LogP contribution in [0.5, 0.6) is 0 Å². The van der Waals surface area contributed by atoms with Crippen molar-refractivity contribution < 1.29 is 9.53 Å². The van der Waals surface area contributed by atoms with Crippen molar-refractivity contribution in [3.63, 3.8) is 0 Å². The van der Waals surface area contributed by atoms with E-state index in [-0.39, 0.29) is 5.82 Å². The molecule has 6 heteroatoms. The number of aromatic nitrogens is 2. The minimum atomic E-state index is -0.442. The molecule has 0 amide bonds. The molecular formula is C9H14N4O2. The maximum atomic E-state index is 11.5. The zero-order valence-electron chi connectivity index (χ0n) is 8.62. The predicted molar refractivity (Wildman–Crippen MR) is 55.8 cm³/mol. The molecule has 1 saturated heterocycles. The average Bonchev–Trinajstić information content (AvgIpc) is 2.85. The lowest BCUT2D eigenvalue weighted by Gasteiger charge is -2.14. The van der Waals surface area contributed by atoms with Crippen molar-refractivity contribution in [3.05, 3.63) is 5.56 Å². The molecule has 2 rings (SSSR count). The molecule has 0 aromatic carbocycles. The fourth-order valence-corrected chi connectivity index (χ4v) is 1.81. The van der Waals surface area contributed by atoms with Crippen LogP contribution in [0.3, 0.4) is 0 Å². The molecule has 15 heavy (non-hydrogen) atoms. The average molecular weight is 210 g/mol. The molecule has 0 radical (unpaired) electrons. The van der Waals surface area contributed by atoms with E-state index in [1.54, 1.807) is 0 Å². The van der Waals surface area contributed by atoms with Crippen LogP contribution < -0.4 is 10.6 Å². The van der Waals surface area contributed by atoms with Gasteiger partial charge in [-0.2, -0.15) is 5.10 Å². The van der Waals surface area contributed by atoms with Gasteiger partial charge < -0.3 is 15.4 Å². The molecule has 0 atom stereocenters. The Bertz CT molecular complexity index is 368. The molecule has 1 aliphatic rings. The number of carbonyl (C=O) groups excluding carboxylic acids is 1. The Hall–Kier alpha value is -1.72. The molecular weight excluding hydrogens is 196 g/mol. The molecule has 1 aromatic rings. The summed E-state index contributed by atoms with van der Waals surface area (Å²) in [6, 6.07) is 0. The molecule has 6 nitrogen and oxygen atoms in total. The van der Waals surface area contributed by atoms with Gasteiger partial charge in [-0.25, -0.2) is 4.79 Å². The van der Waals surface area contributed by atoms with Gasteiger partial charge in [-0.1, -0.05) is 0 Å². The summed E-state index contributed by atoms with van der Waals surface area (Å²) in [5, 5.41) is 6.66. The van der Waals surface area contributed by atoms with Crippen molar-refractivity contribution in [3.8, 4) is 0 Å². The number of rotatable bonds is 2. The predicted octanol–water partition coefficient (Wildman–Crippen LogP) is 0.379. The summed E-state index contributed by atoms with van der Waals surface area (Å²) in [7, 11) is 1.34. The molecule has 1 aliphatic heterocycles. The summed E-state index contributed by atoms with van der Waals surface area (Å²) in [4.78, 5) is 13.5.